The molecule has 2 rings (SSSR count). The number of amides is 1. The smallest absolute Gasteiger partial charge is 0.341 e. The number of pyridine rings is 1. The first kappa shape index (κ1) is 13.5. The molecule has 0 fully saturated rings. The van der Waals surface area contributed by atoms with Crippen LogP contribution >= 0.6 is 0 Å². The third-order valence-electron chi connectivity index (χ3n) is 2.59. The van der Waals surface area contributed by atoms with Crippen LogP contribution in [0.4, 0.5) is 5.69 Å². The molecule has 0 spiro atoms. The highest BCUT2D eigenvalue weighted by atomic mass is 16.4. The van der Waals surface area contributed by atoms with Crippen LogP contribution in [0.5, 0.6) is 0 Å². The first-order chi connectivity index (χ1) is 9.56. The molecule has 2 N–H and O–H groups in total. The zero-order valence-corrected chi connectivity index (χ0v) is 10.4. The number of para-hydroxylation sites is 1. The van der Waals surface area contributed by atoms with Crippen molar-refractivity contribution < 1.29 is 14.7 Å². The number of nitrogens with one attached hydrogen (secondary N) is 1. The van der Waals surface area contributed by atoms with Gasteiger partial charge < -0.3 is 15.0 Å². The Balaban J connectivity index is 2.10. The molecule has 0 atom stereocenters. The highest BCUT2D eigenvalue weighted by Gasteiger charge is 2.10. The number of aromatic nitrogens is 1. The first-order valence-corrected chi connectivity index (χ1v) is 5.84. The van der Waals surface area contributed by atoms with Gasteiger partial charge in [-0.1, -0.05) is 18.2 Å². The van der Waals surface area contributed by atoms with Gasteiger partial charge in [0.2, 0.25) is 5.91 Å². The lowest BCUT2D eigenvalue weighted by Gasteiger charge is -2.08. The molecule has 102 valence electrons. The highest BCUT2D eigenvalue weighted by Crippen LogP contribution is 2.05. The van der Waals surface area contributed by atoms with Gasteiger partial charge in [-0.3, -0.25) is 9.59 Å². The summed E-state index contributed by atoms with van der Waals surface area (Å²) in [6.45, 7) is -0.0740. The van der Waals surface area contributed by atoms with Crippen LogP contribution in [0.3, 0.4) is 0 Å². The van der Waals surface area contributed by atoms with Gasteiger partial charge in [-0.2, -0.15) is 0 Å². The van der Waals surface area contributed by atoms with Crippen LogP contribution in [0.25, 0.3) is 0 Å². The van der Waals surface area contributed by atoms with Gasteiger partial charge in [0.05, 0.1) is 0 Å². The number of benzene rings is 1. The Bertz CT molecular complexity index is 692. The molecule has 0 bridgehead atoms. The van der Waals surface area contributed by atoms with Crippen molar-refractivity contribution in [1.82, 2.24) is 4.57 Å². The van der Waals surface area contributed by atoms with Crippen molar-refractivity contribution >= 4 is 17.6 Å². The highest BCUT2D eigenvalue weighted by molar-refractivity contribution is 5.91. The molecule has 2 aromatic rings. The molecule has 1 heterocycles. The first-order valence-electron chi connectivity index (χ1n) is 5.84. The molecule has 6 nitrogen and oxygen atoms in total. The van der Waals surface area contributed by atoms with Gasteiger partial charge in [0.15, 0.2) is 5.43 Å². The summed E-state index contributed by atoms with van der Waals surface area (Å²) in [4.78, 5) is 33.9. The average Bonchev–Trinajstić information content (AvgIpc) is 2.41. The van der Waals surface area contributed by atoms with E-state index >= 15 is 0 Å². The van der Waals surface area contributed by atoms with Crippen LogP contribution in [0.1, 0.15) is 10.4 Å². The number of carboxylic acid groups (broad SMARTS) is 1. The molecular weight excluding hydrogens is 260 g/mol. The number of hydrogen-bond acceptors (Lipinski definition) is 3. The Morgan fingerprint density at radius 2 is 1.85 bits per heavy atom. The second kappa shape index (κ2) is 5.83. The van der Waals surface area contributed by atoms with Crippen molar-refractivity contribution in [1.29, 1.82) is 0 Å². The van der Waals surface area contributed by atoms with Gasteiger partial charge in [0, 0.05) is 24.1 Å². The van der Waals surface area contributed by atoms with Crippen LogP contribution in [0.15, 0.2) is 53.6 Å². The number of nitrogens with zero attached hydrogens (tertiary/aromatic N) is 1. The summed E-state index contributed by atoms with van der Waals surface area (Å²) in [5.74, 6) is -1.62. The minimum absolute atomic E-state index is 0.0740. The fourth-order valence-corrected chi connectivity index (χ4v) is 1.67. The minimum Gasteiger partial charge on any atom is -0.477 e. The topological polar surface area (TPSA) is 88.4 Å². The maximum Gasteiger partial charge on any atom is 0.341 e. The van der Waals surface area contributed by atoms with Crippen LogP contribution in [-0.4, -0.2) is 21.6 Å². The third-order valence-corrected chi connectivity index (χ3v) is 2.59. The molecule has 1 aromatic carbocycles. The lowest BCUT2D eigenvalue weighted by atomic mass is 10.2. The van der Waals surface area contributed by atoms with Crippen LogP contribution < -0.4 is 10.7 Å². The third kappa shape index (κ3) is 3.32. The van der Waals surface area contributed by atoms with E-state index in [9.17, 15) is 14.4 Å². The zero-order valence-electron chi connectivity index (χ0n) is 10.4. The van der Waals surface area contributed by atoms with E-state index in [1.807, 2.05) is 6.07 Å². The predicted molar refractivity (Wildman–Crippen MR) is 72.7 cm³/mol. The van der Waals surface area contributed by atoms with Gasteiger partial charge in [-0.15, -0.1) is 0 Å². The van der Waals surface area contributed by atoms with E-state index in [1.165, 1.54) is 10.8 Å². The lowest BCUT2D eigenvalue weighted by molar-refractivity contribution is -0.116. The summed E-state index contributed by atoms with van der Waals surface area (Å²) in [7, 11) is 0. The standard InChI is InChI=1S/C14H12N2O4/c17-12-6-7-16(8-11(12)14(19)20)9-13(18)15-10-4-2-1-3-5-10/h1-8H,9H2,(H,15,18)(H,19,20). The summed E-state index contributed by atoms with van der Waals surface area (Å²) in [6.07, 6.45) is 2.52. The maximum atomic E-state index is 11.8. The van der Waals surface area contributed by atoms with Gasteiger partial charge in [-0.05, 0) is 12.1 Å². The van der Waals surface area contributed by atoms with E-state index in [0.717, 1.165) is 12.3 Å². The van der Waals surface area contributed by atoms with Crippen LogP contribution in [-0.2, 0) is 11.3 Å². The number of carbonyl (C=O) groups is 2. The van der Waals surface area contributed by atoms with Crippen LogP contribution in [0.2, 0.25) is 0 Å². The summed E-state index contributed by atoms with van der Waals surface area (Å²) in [5.41, 5.74) is -0.297. The summed E-state index contributed by atoms with van der Waals surface area (Å²) < 4.78 is 1.35. The van der Waals surface area contributed by atoms with Gasteiger partial charge in [0.25, 0.3) is 0 Å². The van der Waals surface area contributed by atoms with Crippen LogP contribution in [0, 0.1) is 0 Å². The van der Waals surface area contributed by atoms with Gasteiger partial charge >= 0.3 is 5.97 Å². The monoisotopic (exact) mass is 272 g/mol. The average molecular weight is 272 g/mol. The molecule has 1 aromatic heterocycles. The lowest BCUT2D eigenvalue weighted by Crippen LogP contribution is -2.22. The second-order valence-electron chi connectivity index (χ2n) is 4.11. The van der Waals surface area contributed by atoms with Crippen molar-refractivity contribution in [2.24, 2.45) is 0 Å². The molecule has 6 heteroatoms. The largest absolute Gasteiger partial charge is 0.477 e. The maximum absolute atomic E-state index is 11.8. The fourth-order valence-electron chi connectivity index (χ4n) is 1.67. The molecule has 0 unspecified atom stereocenters. The molecule has 1 amide bonds. The van der Waals surface area contributed by atoms with Crippen molar-refractivity contribution in [3.8, 4) is 0 Å². The van der Waals surface area contributed by atoms with Crippen molar-refractivity contribution in [3.05, 3.63) is 64.6 Å². The van der Waals surface area contributed by atoms with Gasteiger partial charge in [0.1, 0.15) is 12.1 Å². The molecule has 0 radical (unpaired) electrons. The SMILES string of the molecule is O=C(Cn1ccc(=O)c(C(=O)O)c1)Nc1ccccc1. The van der Waals surface area contributed by atoms with Crippen molar-refractivity contribution in [3.63, 3.8) is 0 Å². The summed E-state index contributed by atoms with van der Waals surface area (Å²) in [5, 5.41) is 11.5. The summed E-state index contributed by atoms with van der Waals surface area (Å²) in [6, 6.07) is 10.0. The molecule has 0 aliphatic heterocycles. The fraction of sp³-hybridized carbons (Fsp3) is 0.0714. The second-order valence-corrected chi connectivity index (χ2v) is 4.11. The van der Waals surface area contributed by atoms with E-state index in [0.29, 0.717) is 5.69 Å². The van der Waals surface area contributed by atoms with Crippen molar-refractivity contribution in [2.75, 3.05) is 5.32 Å². The summed E-state index contributed by atoms with van der Waals surface area (Å²) >= 11 is 0. The molecule has 0 aliphatic rings. The Kier molecular flexibility index (Phi) is 3.95. The molecule has 20 heavy (non-hydrogen) atoms. The molecule has 0 saturated carbocycles. The number of carbonyl (C=O) groups excluding carboxylic acids is 1. The molecular formula is C14H12N2O4. The van der Waals surface area contributed by atoms with E-state index in [2.05, 4.69) is 5.32 Å². The number of rotatable bonds is 4. The molecule has 0 saturated heterocycles. The quantitative estimate of drug-likeness (QED) is 0.874. The number of carboxylic acids is 1. The number of hydrogen-bond donors (Lipinski definition) is 2. The Labute approximate surface area is 114 Å². The Morgan fingerprint density at radius 3 is 2.50 bits per heavy atom. The molecule has 0 aliphatic carbocycles. The van der Waals surface area contributed by atoms with Gasteiger partial charge in [-0.25, -0.2) is 4.79 Å². The number of aromatic carboxylic acids is 1. The Morgan fingerprint density at radius 1 is 1.15 bits per heavy atom. The van der Waals surface area contributed by atoms with E-state index in [4.69, 9.17) is 5.11 Å². The Hall–Kier alpha value is -2.89. The number of anilines is 1. The zero-order chi connectivity index (χ0) is 14.5. The van der Waals surface area contributed by atoms with E-state index < -0.39 is 11.4 Å². The predicted octanol–water partition coefficient (Wildman–Crippen LogP) is 1.19. The minimum atomic E-state index is -1.31. The van der Waals surface area contributed by atoms with E-state index in [-0.39, 0.29) is 18.0 Å². The van der Waals surface area contributed by atoms with Crippen molar-refractivity contribution in [2.45, 2.75) is 6.54 Å². The normalized spacial score (nSPS) is 10.0. The van der Waals surface area contributed by atoms with E-state index in [1.54, 1.807) is 24.3 Å².